The molecule has 0 aliphatic carbocycles. The van der Waals surface area contributed by atoms with Crippen molar-refractivity contribution in [1.29, 1.82) is 5.26 Å². The van der Waals surface area contributed by atoms with Crippen molar-refractivity contribution in [3.8, 4) is 28.8 Å². The van der Waals surface area contributed by atoms with Crippen molar-refractivity contribution in [1.82, 2.24) is 4.98 Å². The summed E-state index contributed by atoms with van der Waals surface area (Å²) in [6, 6.07) is 14.7. The van der Waals surface area contributed by atoms with Crippen LogP contribution in [0.1, 0.15) is 5.56 Å². The Morgan fingerprint density at radius 3 is 2.63 bits per heavy atom. The van der Waals surface area contributed by atoms with Gasteiger partial charge in [-0.15, -0.1) is 0 Å². The number of ether oxygens (including phenoxy) is 1. The number of nitrogens with zero attached hydrogens (tertiary/aromatic N) is 2. The molecular weight excluding hydrogens is 389 g/mol. The molecule has 0 spiro atoms. The average Bonchev–Trinajstić information content (AvgIpc) is 2.68. The molecule has 136 valence electrons. The van der Waals surface area contributed by atoms with Crippen LogP contribution in [0.2, 0.25) is 5.15 Å². The fourth-order valence-electron chi connectivity index (χ4n) is 2.30. The number of aromatic hydroxyl groups is 1. The van der Waals surface area contributed by atoms with Gasteiger partial charge in [-0.3, -0.25) is 0 Å². The van der Waals surface area contributed by atoms with E-state index < -0.39 is 5.82 Å². The molecule has 27 heavy (non-hydrogen) atoms. The molecule has 1 aromatic heterocycles. The van der Waals surface area contributed by atoms with Crippen LogP contribution in [0.4, 0.5) is 10.1 Å². The molecular formula is C19H13ClFN3O2S. The highest BCUT2D eigenvalue weighted by molar-refractivity contribution is 8.00. The normalized spacial score (nSPS) is 10.3. The summed E-state index contributed by atoms with van der Waals surface area (Å²) >= 11 is 7.11. The zero-order valence-electron chi connectivity index (χ0n) is 14.0. The number of phenols is 1. The van der Waals surface area contributed by atoms with E-state index in [-0.39, 0.29) is 21.4 Å². The van der Waals surface area contributed by atoms with Gasteiger partial charge in [-0.25, -0.2) is 9.37 Å². The number of nitriles is 1. The minimum absolute atomic E-state index is 0.00577. The van der Waals surface area contributed by atoms with Gasteiger partial charge in [-0.1, -0.05) is 23.7 Å². The zero-order valence-corrected chi connectivity index (χ0v) is 15.6. The van der Waals surface area contributed by atoms with Crippen LogP contribution in [0.5, 0.6) is 11.5 Å². The van der Waals surface area contributed by atoms with E-state index >= 15 is 0 Å². The van der Waals surface area contributed by atoms with Crippen LogP contribution in [0, 0.1) is 17.1 Å². The van der Waals surface area contributed by atoms with Gasteiger partial charge in [0.05, 0.1) is 17.7 Å². The Morgan fingerprint density at radius 1 is 1.22 bits per heavy atom. The lowest BCUT2D eigenvalue weighted by Gasteiger charge is -2.10. The van der Waals surface area contributed by atoms with Gasteiger partial charge in [0, 0.05) is 17.3 Å². The summed E-state index contributed by atoms with van der Waals surface area (Å²) in [5.41, 5.74) is 2.26. The number of hydrogen-bond acceptors (Lipinski definition) is 6. The van der Waals surface area contributed by atoms with Gasteiger partial charge in [0.15, 0.2) is 5.15 Å². The maximum absolute atomic E-state index is 13.7. The first-order chi connectivity index (χ1) is 13.0. The lowest BCUT2D eigenvalue weighted by atomic mass is 10.1. The van der Waals surface area contributed by atoms with Crippen molar-refractivity contribution < 1.29 is 14.2 Å². The monoisotopic (exact) mass is 401 g/mol. The fraction of sp³-hybridized carbons (Fsp3) is 0.0526. The van der Waals surface area contributed by atoms with Gasteiger partial charge in [-0.2, -0.15) is 5.26 Å². The second kappa shape index (κ2) is 8.16. The summed E-state index contributed by atoms with van der Waals surface area (Å²) in [6.07, 6.45) is 0. The molecule has 0 atom stereocenters. The van der Waals surface area contributed by atoms with E-state index in [1.165, 1.54) is 25.3 Å². The van der Waals surface area contributed by atoms with Crippen LogP contribution in [0.15, 0.2) is 53.4 Å². The average molecular weight is 402 g/mol. The van der Waals surface area contributed by atoms with Gasteiger partial charge in [0.25, 0.3) is 0 Å². The predicted molar refractivity (Wildman–Crippen MR) is 103 cm³/mol. The fourth-order valence-corrected chi connectivity index (χ4v) is 3.23. The van der Waals surface area contributed by atoms with Crippen LogP contribution in [-0.2, 0) is 0 Å². The highest BCUT2D eigenvalue weighted by Gasteiger charge is 2.13. The Hall–Kier alpha value is -2.95. The number of hydrogen-bond donors (Lipinski definition) is 2. The van der Waals surface area contributed by atoms with Crippen LogP contribution >= 0.6 is 23.5 Å². The van der Waals surface area contributed by atoms with E-state index in [4.69, 9.17) is 21.6 Å². The Labute approximate surface area is 164 Å². The van der Waals surface area contributed by atoms with Crippen LogP contribution in [-0.4, -0.2) is 17.2 Å². The van der Waals surface area contributed by atoms with Crippen LogP contribution < -0.4 is 9.46 Å². The molecule has 0 aliphatic heterocycles. The van der Waals surface area contributed by atoms with Gasteiger partial charge in [0.2, 0.25) is 0 Å². The number of nitrogens with one attached hydrogen (secondary N) is 1. The lowest BCUT2D eigenvalue weighted by molar-refractivity contribution is 0.413. The molecule has 0 radical (unpaired) electrons. The molecule has 0 saturated carbocycles. The summed E-state index contributed by atoms with van der Waals surface area (Å²) in [5.74, 6) is -0.0798. The first-order valence-electron chi connectivity index (χ1n) is 7.68. The van der Waals surface area contributed by atoms with Gasteiger partial charge in [-0.05, 0) is 42.3 Å². The molecule has 0 bridgehead atoms. The maximum atomic E-state index is 13.7. The lowest BCUT2D eigenvalue weighted by Crippen LogP contribution is -1.94. The number of anilines is 1. The number of methoxy groups -OCH3 is 1. The quantitative estimate of drug-likeness (QED) is 0.449. The van der Waals surface area contributed by atoms with Crippen LogP contribution in [0.25, 0.3) is 11.3 Å². The third-order valence-corrected chi connectivity index (χ3v) is 4.79. The van der Waals surface area contributed by atoms with Crippen molar-refractivity contribution in [3.63, 3.8) is 0 Å². The molecule has 2 aromatic carbocycles. The zero-order chi connectivity index (χ0) is 19.4. The number of benzene rings is 2. The summed E-state index contributed by atoms with van der Waals surface area (Å²) < 4.78 is 21.9. The Balaban J connectivity index is 1.79. The molecule has 0 fully saturated rings. The van der Waals surface area contributed by atoms with Crippen molar-refractivity contribution in [2.24, 2.45) is 0 Å². The van der Waals surface area contributed by atoms with E-state index in [1.807, 2.05) is 18.2 Å². The second-order valence-electron chi connectivity index (χ2n) is 5.38. The molecule has 2 N–H and O–H groups in total. The minimum Gasteiger partial charge on any atom is -0.508 e. The number of phenolic OH excluding ortho intramolecular Hbond substituents is 1. The largest absolute Gasteiger partial charge is 0.508 e. The molecule has 0 unspecified atom stereocenters. The van der Waals surface area contributed by atoms with E-state index in [2.05, 4.69) is 9.71 Å². The molecule has 3 rings (SSSR count). The number of aromatic nitrogens is 1. The summed E-state index contributed by atoms with van der Waals surface area (Å²) in [5, 5.41) is 18.6. The van der Waals surface area contributed by atoms with Crippen molar-refractivity contribution in [2.75, 3.05) is 11.8 Å². The Bertz CT molecular complexity index is 1020. The van der Waals surface area contributed by atoms with E-state index in [0.717, 1.165) is 23.2 Å². The molecule has 8 heteroatoms. The van der Waals surface area contributed by atoms with Gasteiger partial charge >= 0.3 is 0 Å². The third-order valence-electron chi connectivity index (χ3n) is 3.65. The van der Waals surface area contributed by atoms with Crippen molar-refractivity contribution in [2.45, 2.75) is 4.90 Å². The Morgan fingerprint density at radius 2 is 1.96 bits per heavy atom. The van der Waals surface area contributed by atoms with Crippen molar-refractivity contribution in [3.05, 3.63) is 65.1 Å². The predicted octanol–water partition coefficient (Wildman–Crippen LogP) is 5.25. The minimum atomic E-state index is -0.426. The second-order valence-corrected chi connectivity index (χ2v) is 6.59. The Kier molecular flexibility index (Phi) is 5.69. The molecule has 3 aromatic rings. The first kappa shape index (κ1) is 18.8. The standard InChI is InChI=1S/C19H13ClFN3O2S/c1-26-17-9-16(23-19(20)14(17)10-22)11-2-4-12(5-3-11)24-27-18-8-13(25)6-7-15(18)21/h2-9,24-25H,1H3. The van der Waals surface area contributed by atoms with Crippen LogP contribution in [0.3, 0.4) is 0 Å². The molecule has 0 amide bonds. The topological polar surface area (TPSA) is 78.2 Å². The molecule has 0 saturated heterocycles. The highest BCUT2D eigenvalue weighted by atomic mass is 35.5. The SMILES string of the molecule is COc1cc(-c2ccc(NSc3cc(O)ccc3F)cc2)nc(Cl)c1C#N. The highest BCUT2D eigenvalue weighted by Crippen LogP contribution is 2.31. The summed E-state index contributed by atoms with van der Waals surface area (Å²) in [7, 11) is 1.46. The van der Waals surface area contributed by atoms with E-state index in [9.17, 15) is 9.50 Å². The summed E-state index contributed by atoms with van der Waals surface area (Å²) in [4.78, 5) is 4.51. The molecule has 0 aliphatic rings. The van der Waals surface area contributed by atoms with E-state index in [1.54, 1.807) is 18.2 Å². The molecule has 1 heterocycles. The van der Waals surface area contributed by atoms with Crippen molar-refractivity contribution >= 4 is 29.2 Å². The molecule has 5 nitrogen and oxygen atoms in total. The summed E-state index contributed by atoms with van der Waals surface area (Å²) in [6.45, 7) is 0. The number of rotatable bonds is 5. The maximum Gasteiger partial charge on any atom is 0.151 e. The number of pyridine rings is 1. The third kappa shape index (κ3) is 4.25. The smallest absolute Gasteiger partial charge is 0.151 e. The first-order valence-corrected chi connectivity index (χ1v) is 8.87. The van der Waals surface area contributed by atoms with Gasteiger partial charge < -0.3 is 14.6 Å². The number of halogens is 2. The van der Waals surface area contributed by atoms with E-state index in [0.29, 0.717) is 11.4 Å². The van der Waals surface area contributed by atoms with Gasteiger partial charge in [0.1, 0.15) is 28.9 Å².